The zero-order chi connectivity index (χ0) is 20.3. The third-order valence-electron chi connectivity index (χ3n) is 4.56. The summed E-state index contributed by atoms with van der Waals surface area (Å²) in [5, 5.41) is 0.323. The number of ether oxygens (including phenoxy) is 1. The molecule has 28 heavy (non-hydrogen) atoms. The Balaban J connectivity index is 2.11. The average molecular weight is 416 g/mol. The van der Waals surface area contributed by atoms with Crippen molar-refractivity contribution in [3.8, 4) is 5.75 Å². The van der Waals surface area contributed by atoms with Crippen LogP contribution in [0.25, 0.3) is 0 Å². The fourth-order valence-corrected chi connectivity index (χ4v) is 4.82. The van der Waals surface area contributed by atoms with E-state index in [1.807, 2.05) is 62.4 Å². The molecule has 3 rings (SSSR count). The van der Waals surface area contributed by atoms with E-state index in [4.69, 9.17) is 16.3 Å². The number of methoxy groups -OCH3 is 1. The van der Waals surface area contributed by atoms with E-state index in [1.165, 1.54) is 13.2 Å². The highest BCUT2D eigenvalue weighted by molar-refractivity contribution is 7.89. The van der Waals surface area contributed by atoms with Gasteiger partial charge in [0.05, 0.1) is 13.2 Å². The molecule has 0 heterocycles. The molecule has 0 fully saturated rings. The quantitative estimate of drug-likeness (QED) is 0.614. The summed E-state index contributed by atoms with van der Waals surface area (Å²) < 4.78 is 34.6. The summed E-state index contributed by atoms with van der Waals surface area (Å²) in [6.07, 6.45) is 0. The number of aryl methyl sites for hydroxylation is 2. The minimum atomic E-state index is -3.91. The Hall–Kier alpha value is -2.34. The molecular formula is C22H22ClNO3S. The standard InChI is InChI=1S/C22H22ClNO3S/c1-15-9-11-19(16(2)13-15)22(17-7-5-4-6-8-17)24-28(25,26)21-14-18(23)10-12-20(21)27-3/h4-14,22,24H,1-3H3/t22-/m1/s1. The molecule has 3 aromatic carbocycles. The number of hydrogen-bond acceptors (Lipinski definition) is 3. The Morgan fingerprint density at radius 2 is 1.68 bits per heavy atom. The summed E-state index contributed by atoms with van der Waals surface area (Å²) in [6, 6.07) is 19.5. The molecule has 4 nitrogen and oxygen atoms in total. The van der Waals surface area contributed by atoms with Crippen molar-refractivity contribution in [2.45, 2.75) is 24.8 Å². The van der Waals surface area contributed by atoms with Gasteiger partial charge in [0, 0.05) is 5.02 Å². The molecule has 6 heteroatoms. The molecular weight excluding hydrogens is 394 g/mol. The van der Waals surface area contributed by atoms with Crippen LogP contribution in [0.1, 0.15) is 28.3 Å². The smallest absolute Gasteiger partial charge is 0.245 e. The predicted octanol–water partition coefficient (Wildman–Crippen LogP) is 5.03. The van der Waals surface area contributed by atoms with Crippen LogP contribution in [0.15, 0.2) is 71.6 Å². The van der Waals surface area contributed by atoms with Crippen LogP contribution in [0.3, 0.4) is 0 Å². The number of hydrogen-bond donors (Lipinski definition) is 1. The molecule has 1 atom stereocenters. The topological polar surface area (TPSA) is 55.4 Å². The van der Waals surface area contributed by atoms with E-state index < -0.39 is 16.1 Å². The molecule has 0 radical (unpaired) electrons. The van der Waals surface area contributed by atoms with Crippen molar-refractivity contribution >= 4 is 21.6 Å². The second-order valence-corrected chi connectivity index (χ2v) is 8.74. The fourth-order valence-electron chi connectivity index (χ4n) is 3.19. The largest absolute Gasteiger partial charge is 0.495 e. The third kappa shape index (κ3) is 4.38. The van der Waals surface area contributed by atoms with Crippen molar-refractivity contribution in [3.05, 3.63) is 94.0 Å². The van der Waals surface area contributed by atoms with E-state index in [1.54, 1.807) is 12.1 Å². The van der Waals surface area contributed by atoms with E-state index in [9.17, 15) is 8.42 Å². The minimum Gasteiger partial charge on any atom is -0.495 e. The van der Waals surface area contributed by atoms with E-state index in [0.29, 0.717) is 5.02 Å². The van der Waals surface area contributed by atoms with Crippen LogP contribution in [0.2, 0.25) is 5.02 Å². The molecule has 0 saturated carbocycles. The second kappa shape index (κ2) is 8.35. The Morgan fingerprint density at radius 1 is 0.964 bits per heavy atom. The first-order valence-electron chi connectivity index (χ1n) is 8.80. The first-order chi connectivity index (χ1) is 13.3. The number of sulfonamides is 1. The van der Waals surface area contributed by atoms with Gasteiger partial charge in [-0.3, -0.25) is 0 Å². The summed E-state index contributed by atoms with van der Waals surface area (Å²) >= 11 is 6.05. The lowest BCUT2D eigenvalue weighted by atomic mass is 9.95. The maximum atomic E-state index is 13.2. The van der Waals surface area contributed by atoms with Crippen LogP contribution >= 0.6 is 11.6 Å². The zero-order valence-electron chi connectivity index (χ0n) is 15.9. The SMILES string of the molecule is COc1ccc(Cl)cc1S(=O)(=O)N[C@H](c1ccccc1)c1ccc(C)cc1C. The van der Waals surface area contributed by atoms with Gasteiger partial charge in [-0.1, -0.05) is 65.7 Å². The molecule has 0 aromatic heterocycles. The van der Waals surface area contributed by atoms with Gasteiger partial charge < -0.3 is 4.74 Å². The molecule has 0 amide bonds. The lowest BCUT2D eigenvalue weighted by Gasteiger charge is -2.22. The molecule has 0 saturated heterocycles. The highest BCUT2D eigenvalue weighted by Gasteiger charge is 2.26. The molecule has 3 aromatic rings. The zero-order valence-corrected chi connectivity index (χ0v) is 17.5. The van der Waals surface area contributed by atoms with Crippen molar-refractivity contribution in [1.82, 2.24) is 4.72 Å². The number of rotatable bonds is 6. The van der Waals surface area contributed by atoms with Gasteiger partial charge in [-0.15, -0.1) is 0 Å². The van der Waals surface area contributed by atoms with Crippen molar-refractivity contribution < 1.29 is 13.2 Å². The summed E-state index contributed by atoms with van der Waals surface area (Å²) in [5.74, 6) is 0.240. The van der Waals surface area contributed by atoms with Crippen molar-refractivity contribution in [2.75, 3.05) is 7.11 Å². The van der Waals surface area contributed by atoms with E-state index in [2.05, 4.69) is 4.72 Å². The number of halogens is 1. The first kappa shape index (κ1) is 20.4. The maximum absolute atomic E-state index is 13.2. The second-order valence-electron chi connectivity index (χ2n) is 6.62. The number of benzene rings is 3. The fraction of sp³-hybridized carbons (Fsp3) is 0.182. The predicted molar refractivity (Wildman–Crippen MR) is 113 cm³/mol. The van der Waals surface area contributed by atoms with Gasteiger partial charge in [0.2, 0.25) is 10.0 Å². The van der Waals surface area contributed by atoms with Crippen LogP contribution < -0.4 is 9.46 Å². The Labute approximate surface area is 171 Å². The maximum Gasteiger partial charge on any atom is 0.245 e. The normalized spacial score (nSPS) is 12.6. The Bertz CT molecular complexity index is 1080. The van der Waals surface area contributed by atoms with Crippen molar-refractivity contribution in [3.63, 3.8) is 0 Å². The lowest BCUT2D eigenvalue weighted by Crippen LogP contribution is -2.30. The van der Waals surface area contributed by atoms with Crippen LogP contribution in [0.5, 0.6) is 5.75 Å². The number of nitrogens with one attached hydrogen (secondary N) is 1. The molecule has 0 aliphatic rings. The minimum absolute atomic E-state index is 0.00759. The van der Waals surface area contributed by atoms with Gasteiger partial charge in [-0.2, -0.15) is 4.72 Å². The van der Waals surface area contributed by atoms with E-state index >= 15 is 0 Å². The van der Waals surface area contributed by atoms with Crippen LogP contribution in [0, 0.1) is 13.8 Å². The monoisotopic (exact) mass is 415 g/mol. The Morgan fingerprint density at radius 3 is 2.32 bits per heavy atom. The van der Waals surface area contributed by atoms with Crippen LogP contribution in [-0.2, 0) is 10.0 Å². The highest BCUT2D eigenvalue weighted by atomic mass is 35.5. The van der Waals surface area contributed by atoms with E-state index in [0.717, 1.165) is 22.3 Å². The van der Waals surface area contributed by atoms with Gasteiger partial charge >= 0.3 is 0 Å². The van der Waals surface area contributed by atoms with Crippen molar-refractivity contribution in [1.29, 1.82) is 0 Å². The summed E-state index contributed by atoms with van der Waals surface area (Å²) in [4.78, 5) is 0.00759. The highest BCUT2D eigenvalue weighted by Crippen LogP contribution is 2.31. The van der Waals surface area contributed by atoms with Crippen LogP contribution in [0.4, 0.5) is 0 Å². The van der Waals surface area contributed by atoms with Gasteiger partial charge in [0.15, 0.2) is 0 Å². The lowest BCUT2D eigenvalue weighted by molar-refractivity contribution is 0.402. The van der Waals surface area contributed by atoms with Crippen LogP contribution in [-0.4, -0.2) is 15.5 Å². The summed E-state index contributed by atoms with van der Waals surface area (Å²) in [6.45, 7) is 3.99. The first-order valence-corrected chi connectivity index (χ1v) is 10.7. The molecule has 0 unspecified atom stereocenters. The third-order valence-corrected chi connectivity index (χ3v) is 6.24. The molecule has 0 spiro atoms. The molecule has 0 aliphatic heterocycles. The van der Waals surface area contributed by atoms with Gasteiger partial charge in [0.25, 0.3) is 0 Å². The summed E-state index contributed by atoms with van der Waals surface area (Å²) in [5.41, 5.74) is 3.86. The van der Waals surface area contributed by atoms with Gasteiger partial charge in [-0.05, 0) is 48.7 Å². The summed E-state index contributed by atoms with van der Waals surface area (Å²) in [7, 11) is -2.48. The van der Waals surface area contributed by atoms with Gasteiger partial charge in [0.1, 0.15) is 10.6 Å². The molecule has 0 aliphatic carbocycles. The Kier molecular flexibility index (Phi) is 6.08. The molecule has 1 N–H and O–H groups in total. The molecule has 146 valence electrons. The average Bonchev–Trinajstić information content (AvgIpc) is 2.67. The molecule has 0 bridgehead atoms. The van der Waals surface area contributed by atoms with E-state index in [-0.39, 0.29) is 10.6 Å². The van der Waals surface area contributed by atoms with Crippen molar-refractivity contribution in [2.24, 2.45) is 0 Å². The van der Waals surface area contributed by atoms with Gasteiger partial charge in [-0.25, -0.2) is 8.42 Å².